The van der Waals surface area contributed by atoms with Crippen LogP contribution in [0.5, 0.6) is 0 Å². The molecule has 0 unspecified atom stereocenters. The van der Waals surface area contributed by atoms with E-state index in [1.54, 1.807) is 11.0 Å². The average molecular weight is 563 g/mol. The third-order valence-corrected chi connectivity index (χ3v) is 7.92. The topological polar surface area (TPSA) is 69.7 Å². The molecule has 0 aliphatic carbocycles. The number of para-hydroxylation sites is 2. The van der Waals surface area contributed by atoms with Crippen molar-refractivity contribution in [1.82, 2.24) is 23.9 Å². The molecule has 7 nitrogen and oxygen atoms in total. The summed E-state index contributed by atoms with van der Waals surface area (Å²) in [6, 6.07) is 38.5. The first-order valence-electron chi connectivity index (χ1n) is 14.2. The second-order valence-electron chi connectivity index (χ2n) is 10.6. The molecule has 0 fully saturated rings. The minimum atomic E-state index is -0.0851. The van der Waals surface area contributed by atoms with Crippen LogP contribution in [0.3, 0.4) is 0 Å². The van der Waals surface area contributed by atoms with Gasteiger partial charge < -0.3 is 5.32 Å². The number of rotatable bonds is 6. The van der Waals surface area contributed by atoms with E-state index < -0.39 is 0 Å². The lowest BCUT2D eigenvalue weighted by molar-refractivity contribution is 0.632. The van der Waals surface area contributed by atoms with Crippen LogP contribution >= 0.6 is 0 Å². The molecule has 0 aliphatic heterocycles. The fourth-order valence-electron chi connectivity index (χ4n) is 5.91. The normalized spacial score (nSPS) is 11.2. The molecule has 0 aliphatic rings. The first-order chi connectivity index (χ1) is 21.0. The van der Waals surface area contributed by atoms with E-state index in [1.807, 2.05) is 104 Å². The van der Waals surface area contributed by atoms with Gasteiger partial charge in [0.1, 0.15) is 18.0 Å². The van der Waals surface area contributed by atoms with E-state index in [-0.39, 0.29) is 5.56 Å². The molecule has 3 aromatic heterocycles. The lowest BCUT2D eigenvalue weighted by Gasteiger charge is -2.15. The monoisotopic (exact) mass is 562 g/mol. The summed E-state index contributed by atoms with van der Waals surface area (Å²) in [5.74, 6) is 1.43. The van der Waals surface area contributed by atoms with Crippen molar-refractivity contribution in [3.63, 3.8) is 0 Å². The Bertz CT molecular complexity index is 2140. The van der Waals surface area contributed by atoms with Gasteiger partial charge in [-0.15, -0.1) is 0 Å². The fraction of sp³-hybridized carbons (Fsp3) is 0.0833. The molecule has 0 spiro atoms. The molecule has 0 amide bonds. The van der Waals surface area contributed by atoms with Crippen LogP contribution in [0.25, 0.3) is 44.9 Å². The summed E-state index contributed by atoms with van der Waals surface area (Å²) in [6.45, 7) is 3.96. The number of nitrogens with one attached hydrogen (secondary N) is 1. The summed E-state index contributed by atoms with van der Waals surface area (Å²) < 4.78 is 5.75. The lowest BCUT2D eigenvalue weighted by atomic mass is 9.98. The van der Waals surface area contributed by atoms with E-state index in [0.717, 1.165) is 50.5 Å². The van der Waals surface area contributed by atoms with Gasteiger partial charge in [-0.05, 0) is 48.7 Å². The van der Waals surface area contributed by atoms with Crippen LogP contribution < -0.4 is 10.9 Å². The zero-order valence-corrected chi connectivity index (χ0v) is 24.2. The van der Waals surface area contributed by atoms with Gasteiger partial charge in [-0.3, -0.25) is 14.0 Å². The maximum Gasteiger partial charge on any atom is 0.276 e. The fourth-order valence-corrected chi connectivity index (χ4v) is 5.91. The summed E-state index contributed by atoms with van der Waals surface area (Å²) in [5, 5.41) is 4.47. The first kappa shape index (κ1) is 26.2. The van der Waals surface area contributed by atoms with Crippen LogP contribution in [0.1, 0.15) is 11.1 Å². The van der Waals surface area contributed by atoms with Gasteiger partial charge in [-0.25, -0.2) is 14.6 Å². The van der Waals surface area contributed by atoms with Crippen molar-refractivity contribution in [1.29, 1.82) is 0 Å². The van der Waals surface area contributed by atoms with E-state index >= 15 is 0 Å². The van der Waals surface area contributed by atoms with Crippen LogP contribution in [0.15, 0.2) is 126 Å². The Balaban J connectivity index is 1.64. The Morgan fingerprint density at radius 1 is 0.698 bits per heavy atom. The van der Waals surface area contributed by atoms with Crippen molar-refractivity contribution < 1.29 is 0 Å². The molecule has 0 atom stereocenters. The summed E-state index contributed by atoms with van der Waals surface area (Å²) in [5.41, 5.74) is 8.04. The summed E-state index contributed by atoms with van der Waals surface area (Å²) >= 11 is 0. The molecule has 1 N–H and O–H groups in total. The van der Waals surface area contributed by atoms with Crippen molar-refractivity contribution in [3.05, 3.63) is 143 Å². The molecule has 3 heterocycles. The Kier molecular flexibility index (Phi) is 6.47. The van der Waals surface area contributed by atoms with Gasteiger partial charge in [0.05, 0.1) is 22.3 Å². The largest absolute Gasteiger partial charge is 0.339 e. The quantitative estimate of drug-likeness (QED) is 0.227. The molecular weight excluding hydrogens is 532 g/mol. The predicted molar refractivity (Wildman–Crippen MR) is 174 cm³/mol. The second kappa shape index (κ2) is 10.6. The lowest BCUT2D eigenvalue weighted by Crippen LogP contribution is -2.20. The Labute approximate surface area is 249 Å². The maximum absolute atomic E-state index is 13.9. The number of hydrogen-bond acceptors (Lipinski definition) is 4. The standard InChI is InChI=1S/C36H30N6O/c1-24-15-13-14-22-29(24)39-33-31-30(26-16-7-4-8-17-26)32(27-18-9-5-10-19-27)41(34(31)38-23-37-33)35-25(2)36(43)42(40(35)3)28-20-11-6-12-21-28/h4-23H,1-3H3,(H,37,38,39). The number of fused-ring (bicyclic) bond motifs is 1. The van der Waals surface area contributed by atoms with Crippen molar-refractivity contribution >= 4 is 22.5 Å². The van der Waals surface area contributed by atoms with Gasteiger partial charge >= 0.3 is 0 Å². The number of benzene rings is 4. The van der Waals surface area contributed by atoms with Gasteiger partial charge in [-0.2, -0.15) is 0 Å². The van der Waals surface area contributed by atoms with Crippen LogP contribution in [0.4, 0.5) is 11.5 Å². The summed E-state index contributed by atoms with van der Waals surface area (Å²) in [7, 11) is 1.92. The number of nitrogens with zero attached hydrogens (tertiary/aromatic N) is 5. The molecule has 4 aromatic carbocycles. The zero-order chi connectivity index (χ0) is 29.5. The first-order valence-corrected chi connectivity index (χ1v) is 14.2. The minimum absolute atomic E-state index is 0.0851. The van der Waals surface area contributed by atoms with Gasteiger partial charge in [0.2, 0.25) is 0 Å². The SMILES string of the molecule is Cc1ccccc1Nc1ncnc2c1c(-c1ccccc1)c(-c1ccccc1)n2-c1c(C)c(=O)n(-c2ccccc2)n1C. The number of aromatic nitrogens is 5. The molecule has 0 radical (unpaired) electrons. The molecule has 7 aromatic rings. The molecule has 210 valence electrons. The molecule has 43 heavy (non-hydrogen) atoms. The van der Waals surface area contributed by atoms with Gasteiger partial charge in [0.15, 0.2) is 5.65 Å². The third kappa shape index (κ3) is 4.33. The Morgan fingerprint density at radius 3 is 1.98 bits per heavy atom. The third-order valence-electron chi connectivity index (χ3n) is 7.92. The highest BCUT2D eigenvalue weighted by Crippen LogP contribution is 2.45. The van der Waals surface area contributed by atoms with Crippen LogP contribution in [0.2, 0.25) is 0 Å². The molecule has 0 bridgehead atoms. The summed E-state index contributed by atoms with van der Waals surface area (Å²) in [6.07, 6.45) is 1.59. The van der Waals surface area contributed by atoms with E-state index in [9.17, 15) is 4.79 Å². The van der Waals surface area contributed by atoms with Gasteiger partial charge in [-0.1, -0.05) is 97.1 Å². The molecular formula is C36H30N6O. The molecule has 0 saturated carbocycles. The number of hydrogen-bond donors (Lipinski definition) is 1. The van der Waals surface area contributed by atoms with Crippen LogP contribution in [0, 0.1) is 13.8 Å². The molecule has 7 rings (SSSR count). The van der Waals surface area contributed by atoms with Crippen LogP contribution in [-0.2, 0) is 7.05 Å². The Morgan fingerprint density at radius 2 is 1.30 bits per heavy atom. The van der Waals surface area contributed by atoms with Crippen molar-refractivity contribution in [2.75, 3.05) is 5.32 Å². The van der Waals surface area contributed by atoms with Gasteiger partial charge in [0, 0.05) is 18.3 Å². The molecule has 0 saturated heterocycles. The number of aryl methyl sites for hydroxylation is 1. The zero-order valence-electron chi connectivity index (χ0n) is 24.2. The second-order valence-corrected chi connectivity index (χ2v) is 10.6. The smallest absolute Gasteiger partial charge is 0.276 e. The highest BCUT2D eigenvalue weighted by molar-refractivity contribution is 6.09. The maximum atomic E-state index is 13.9. The van der Waals surface area contributed by atoms with E-state index in [0.29, 0.717) is 17.0 Å². The van der Waals surface area contributed by atoms with E-state index in [1.165, 1.54) is 0 Å². The van der Waals surface area contributed by atoms with Crippen molar-refractivity contribution in [2.24, 2.45) is 7.05 Å². The van der Waals surface area contributed by atoms with Crippen molar-refractivity contribution in [3.8, 4) is 33.9 Å². The summed E-state index contributed by atoms with van der Waals surface area (Å²) in [4.78, 5) is 23.5. The van der Waals surface area contributed by atoms with Crippen molar-refractivity contribution in [2.45, 2.75) is 13.8 Å². The Hall–Kier alpha value is -5.69. The highest BCUT2D eigenvalue weighted by Gasteiger charge is 2.29. The average Bonchev–Trinajstić information content (AvgIpc) is 3.50. The van der Waals surface area contributed by atoms with E-state index in [2.05, 4.69) is 47.1 Å². The van der Waals surface area contributed by atoms with Crippen LogP contribution in [-0.4, -0.2) is 23.9 Å². The van der Waals surface area contributed by atoms with Gasteiger partial charge in [0.25, 0.3) is 5.56 Å². The molecule has 7 heteroatoms. The number of anilines is 2. The minimum Gasteiger partial charge on any atom is -0.339 e. The predicted octanol–water partition coefficient (Wildman–Crippen LogP) is 7.60. The van der Waals surface area contributed by atoms with E-state index in [4.69, 9.17) is 9.97 Å². The highest BCUT2D eigenvalue weighted by atomic mass is 16.1.